The third-order valence-electron chi connectivity index (χ3n) is 3.51. The van der Waals surface area contributed by atoms with Gasteiger partial charge in [-0.15, -0.1) is 0 Å². The van der Waals surface area contributed by atoms with E-state index in [1.54, 1.807) is 0 Å². The minimum absolute atomic E-state index is 0.208. The Kier molecular flexibility index (Phi) is 2.77. The van der Waals surface area contributed by atoms with Gasteiger partial charge in [-0.05, 0) is 37.8 Å². The molecule has 0 bridgehead atoms. The van der Waals surface area contributed by atoms with E-state index < -0.39 is 0 Å². The predicted octanol–water partition coefficient (Wildman–Crippen LogP) is 0.710. The standard InChI is InChI=1S/C11H20N2O/c1-8(10-5-12-6-10)11(14)13(2)7-9-3-4-9/h8-10,12H,3-7H2,1-2H3. The summed E-state index contributed by atoms with van der Waals surface area (Å²) in [5.74, 6) is 1.92. The van der Waals surface area contributed by atoms with E-state index in [2.05, 4.69) is 12.2 Å². The zero-order valence-electron chi connectivity index (χ0n) is 9.12. The van der Waals surface area contributed by atoms with Crippen molar-refractivity contribution >= 4 is 5.91 Å². The summed E-state index contributed by atoms with van der Waals surface area (Å²) in [5, 5.41) is 3.22. The summed E-state index contributed by atoms with van der Waals surface area (Å²) in [4.78, 5) is 13.9. The second-order valence-corrected chi connectivity index (χ2v) is 4.87. The van der Waals surface area contributed by atoms with Gasteiger partial charge in [0.1, 0.15) is 0 Å². The summed E-state index contributed by atoms with van der Waals surface area (Å²) in [5.41, 5.74) is 0. The number of carbonyl (C=O) groups excluding carboxylic acids is 1. The summed E-state index contributed by atoms with van der Waals surface area (Å²) in [6.45, 7) is 5.08. The van der Waals surface area contributed by atoms with Crippen molar-refractivity contribution in [1.82, 2.24) is 10.2 Å². The molecule has 0 radical (unpaired) electrons. The number of nitrogens with zero attached hydrogens (tertiary/aromatic N) is 1. The van der Waals surface area contributed by atoms with E-state index in [0.29, 0.717) is 11.8 Å². The van der Waals surface area contributed by atoms with Gasteiger partial charge < -0.3 is 10.2 Å². The van der Waals surface area contributed by atoms with Crippen molar-refractivity contribution in [2.45, 2.75) is 19.8 Å². The lowest BCUT2D eigenvalue weighted by atomic mass is 9.88. The summed E-state index contributed by atoms with van der Waals surface area (Å²) in [6, 6.07) is 0. The molecule has 1 aliphatic carbocycles. The highest BCUT2D eigenvalue weighted by Gasteiger charge is 2.32. The van der Waals surface area contributed by atoms with E-state index in [1.165, 1.54) is 12.8 Å². The Morgan fingerprint density at radius 1 is 1.50 bits per heavy atom. The molecule has 2 rings (SSSR count). The fourth-order valence-corrected chi connectivity index (χ4v) is 1.99. The maximum Gasteiger partial charge on any atom is 0.225 e. The largest absolute Gasteiger partial charge is 0.345 e. The Labute approximate surface area is 85.8 Å². The molecule has 2 fully saturated rings. The number of nitrogens with one attached hydrogen (secondary N) is 1. The molecule has 80 valence electrons. The molecule has 1 unspecified atom stereocenters. The van der Waals surface area contributed by atoms with Crippen LogP contribution in [0.25, 0.3) is 0 Å². The van der Waals surface area contributed by atoms with Gasteiger partial charge in [-0.25, -0.2) is 0 Å². The molecule has 0 aromatic rings. The fourth-order valence-electron chi connectivity index (χ4n) is 1.99. The Morgan fingerprint density at radius 3 is 2.57 bits per heavy atom. The highest BCUT2D eigenvalue weighted by atomic mass is 16.2. The van der Waals surface area contributed by atoms with Crippen LogP contribution in [0.1, 0.15) is 19.8 Å². The van der Waals surface area contributed by atoms with Crippen molar-refractivity contribution in [2.24, 2.45) is 17.8 Å². The Bertz CT molecular complexity index is 221. The Morgan fingerprint density at radius 2 is 2.14 bits per heavy atom. The van der Waals surface area contributed by atoms with E-state index in [0.717, 1.165) is 25.6 Å². The van der Waals surface area contributed by atoms with Gasteiger partial charge in [-0.3, -0.25) is 4.79 Å². The normalized spacial score (nSPS) is 24.1. The van der Waals surface area contributed by atoms with Gasteiger partial charge in [0.05, 0.1) is 0 Å². The first kappa shape index (κ1) is 9.97. The van der Waals surface area contributed by atoms with Crippen LogP contribution in [0.2, 0.25) is 0 Å². The molecule has 0 aromatic heterocycles. The van der Waals surface area contributed by atoms with Crippen LogP contribution in [0, 0.1) is 17.8 Å². The number of carbonyl (C=O) groups is 1. The average Bonchev–Trinajstić information content (AvgIpc) is 2.83. The highest BCUT2D eigenvalue weighted by Crippen LogP contribution is 2.30. The summed E-state index contributed by atoms with van der Waals surface area (Å²) in [7, 11) is 1.95. The highest BCUT2D eigenvalue weighted by molar-refractivity contribution is 5.78. The van der Waals surface area contributed by atoms with E-state index >= 15 is 0 Å². The van der Waals surface area contributed by atoms with Crippen LogP contribution in [0.3, 0.4) is 0 Å². The molecule has 1 heterocycles. The van der Waals surface area contributed by atoms with Crippen molar-refractivity contribution in [3.8, 4) is 0 Å². The van der Waals surface area contributed by atoms with Gasteiger partial charge in [-0.2, -0.15) is 0 Å². The van der Waals surface area contributed by atoms with Crippen molar-refractivity contribution < 1.29 is 4.79 Å². The number of hydrogen-bond donors (Lipinski definition) is 1. The SMILES string of the molecule is CC(C(=O)N(C)CC1CC1)C1CNC1. The van der Waals surface area contributed by atoms with Gasteiger partial charge in [-0.1, -0.05) is 6.92 Å². The zero-order valence-corrected chi connectivity index (χ0v) is 9.12. The van der Waals surface area contributed by atoms with Crippen molar-refractivity contribution in [1.29, 1.82) is 0 Å². The molecule has 2 aliphatic rings. The van der Waals surface area contributed by atoms with Gasteiger partial charge in [0.15, 0.2) is 0 Å². The van der Waals surface area contributed by atoms with E-state index in [9.17, 15) is 4.79 Å². The molecule has 0 spiro atoms. The molecule has 1 atom stereocenters. The zero-order chi connectivity index (χ0) is 10.1. The van der Waals surface area contributed by atoms with Crippen LogP contribution in [0.4, 0.5) is 0 Å². The van der Waals surface area contributed by atoms with Crippen LogP contribution >= 0.6 is 0 Å². The van der Waals surface area contributed by atoms with Crippen molar-refractivity contribution in [2.75, 3.05) is 26.7 Å². The predicted molar refractivity (Wildman–Crippen MR) is 55.9 cm³/mol. The second-order valence-electron chi connectivity index (χ2n) is 4.87. The minimum atomic E-state index is 0.208. The maximum atomic E-state index is 11.9. The molecule has 14 heavy (non-hydrogen) atoms. The first-order valence-corrected chi connectivity index (χ1v) is 5.64. The van der Waals surface area contributed by atoms with Crippen molar-refractivity contribution in [3.05, 3.63) is 0 Å². The summed E-state index contributed by atoms with van der Waals surface area (Å²) >= 11 is 0. The first-order valence-electron chi connectivity index (χ1n) is 5.64. The molecule has 1 saturated carbocycles. The molecule has 1 N–H and O–H groups in total. The van der Waals surface area contributed by atoms with Crippen LogP contribution in [-0.4, -0.2) is 37.5 Å². The van der Waals surface area contributed by atoms with Gasteiger partial charge in [0.2, 0.25) is 5.91 Å². The molecule has 3 nitrogen and oxygen atoms in total. The number of amides is 1. The summed E-state index contributed by atoms with van der Waals surface area (Å²) < 4.78 is 0. The topological polar surface area (TPSA) is 32.3 Å². The fraction of sp³-hybridized carbons (Fsp3) is 0.909. The van der Waals surface area contributed by atoms with Gasteiger partial charge >= 0.3 is 0 Å². The monoisotopic (exact) mass is 196 g/mol. The van der Waals surface area contributed by atoms with Gasteiger partial charge in [0, 0.05) is 19.5 Å². The first-order chi connectivity index (χ1) is 6.68. The quantitative estimate of drug-likeness (QED) is 0.718. The van der Waals surface area contributed by atoms with E-state index in [4.69, 9.17) is 0 Å². The van der Waals surface area contributed by atoms with Crippen LogP contribution in [-0.2, 0) is 4.79 Å². The van der Waals surface area contributed by atoms with E-state index in [-0.39, 0.29) is 5.92 Å². The average molecular weight is 196 g/mol. The van der Waals surface area contributed by atoms with Crippen LogP contribution in [0.5, 0.6) is 0 Å². The van der Waals surface area contributed by atoms with Crippen LogP contribution in [0.15, 0.2) is 0 Å². The third kappa shape index (κ3) is 2.08. The van der Waals surface area contributed by atoms with Crippen LogP contribution < -0.4 is 5.32 Å². The molecule has 0 aromatic carbocycles. The third-order valence-corrected chi connectivity index (χ3v) is 3.51. The van der Waals surface area contributed by atoms with E-state index in [1.807, 2.05) is 11.9 Å². The molecule has 1 aliphatic heterocycles. The molecular formula is C11H20N2O. The second kappa shape index (κ2) is 3.89. The molecule has 1 amide bonds. The molecule has 3 heteroatoms. The lowest BCUT2D eigenvalue weighted by Crippen LogP contribution is -2.50. The Balaban J connectivity index is 1.79. The van der Waals surface area contributed by atoms with Gasteiger partial charge in [0.25, 0.3) is 0 Å². The molecule has 1 saturated heterocycles. The lowest BCUT2D eigenvalue weighted by molar-refractivity contribution is -0.136. The number of rotatable bonds is 4. The number of hydrogen-bond acceptors (Lipinski definition) is 2. The lowest BCUT2D eigenvalue weighted by Gasteiger charge is -2.34. The maximum absolute atomic E-state index is 11.9. The smallest absolute Gasteiger partial charge is 0.225 e. The minimum Gasteiger partial charge on any atom is -0.345 e. The summed E-state index contributed by atoms with van der Waals surface area (Å²) in [6.07, 6.45) is 2.63. The van der Waals surface area contributed by atoms with Crippen molar-refractivity contribution in [3.63, 3.8) is 0 Å². The molecular weight excluding hydrogens is 176 g/mol. The Hall–Kier alpha value is -0.570.